The number of halogens is 1. The summed E-state index contributed by atoms with van der Waals surface area (Å²) in [6.45, 7) is 1.98. The smallest absolute Gasteiger partial charge is 0.154 e. The van der Waals surface area contributed by atoms with E-state index in [1.165, 1.54) is 0 Å². The maximum absolute atomic E-state index is 12.6. The van der Waals surface area contributed by atoms with Gasteiger partial charge in [-0.25, -0.2) is 0 Å². The number of carbonyl (C=O) groups excluding carboxylic acids is 2. The average Bonchev–Trinajstić information content (AvgIpc) is 3.06. The molecular weight excluding hydrogens is 328 g/mol. The number of thiophene rings is 1. The summed E-state index contributed by atoms with van der Waals surface area (Å²) in [6.07, 6.45) is 1.87. The SMILES string of the molecule is Cc1sc(Br)cc1C1C(=O)[C@@H]2[C@H](C1=O)[C@H]1CC[C@@H]2O1. The summed E-state index contributed by atoms with van der Waals surface area (Å²) in [4.78, 5) is 26.3. The van der Waals surface area contributed by atoms with Gasteiger partial charge in [0.15, 0.2) is 11.6 Å². The Labute approximate surface area is 123 Å². The molecule has 0 aromatic carbocycles. The van der Waals surface area contributed by atoms with Crippen molar-refractivity contribution in [2.45, 2.75) is 37.9 Å². The third-order valence-electron chi connectivity index (χ3n) is 4.74. The van der Waals surface area contributed by atoms with Crippen LogP contribution in [0.25, 0.3) is 0 Å². The number of ketones is 2. The second kappa shape index (κ2) is 3.99. The highest BCUT2D eigenvalue weighted by Gasteiger charge is 2.63. The van der Waals surface area contributed by atoms with E-state index in [-0.39, 0.29) is 35.6 Å². The Balaban J connectivity index is 1.77. The lowest BCUT2D eigenvalue weighted by atomic mass is 9.81. The number of hydrogen-bond acceptors (Lipinski definition) is 4. The zero-order chi connectivity index (χ0) is 13.3. The molecule has 0 radical (unpaired) electrons. The topological polar surface area (TPSA) is 43.4 Å². The summed E-state index contributed by atoms with van der Waals surface area (Å²) >= 11 is 5.02. The van der Waals surface area contributed by atoms with Crippen molar-refractivity contribution in [2.24, 2.45) is 11.8 Å². The molecule has 5 atom stereocenters. The van der Waals surface area contributed by atoms with Crippen LogP contribution in [0.15, 0.2) is 9.85 Å². The summed E-state index contributed by atoms with van der Waals surface area (Å²) in [6, 6.07) is 1.93. The van der Waals surface area contributed by atoms with E-state index in [0.717, 1.165) is 27.1 Å². The molecule has 3 fully saturated rings. The van der Waals surface area contributed by atoms with Crippen LogP contribution in [0.1, 0.15) is 29.2 Å². The van der Waals surface area contributed by atoms with Crippen LogP contribution in [0.3, 0.4) is 0 Å². The molecule has 100 valence electrons. The van der Waals surface area contributed by atoms with Gasteiger partial charge in [-0.1, -0.05) is 0 Å². The monoisotopic (exact) mass is 340 g/mol. The molecule has 3 nitrogen and oxygen atoms in total. The fraction of sp³-hybridized carbons (Fsp3) is 0.571. The standard InChI is InChI=1S/C14H13BrO3S/c1-5-6(4-9(15)19-5)10-13(16)11-7-2-3-8(18-7)12(11)14(10)17/h4,7-8,10-12H,2-3H2,1H3/t7-,8+,10?,11-,12+. The van der Waals surface area contributed by atoms with Crippen LogP contribution >= 0.6 is 27.3 Å². The lowest BCUT2D eigenvalue weighted by Crippen LogP contribution is -2.29. The van der Waals surface area contributed by atoms with Crippen molar-refractivity contribution in [2.75, 3.05) is 0 Å². The highest BCUT2D eigenvalue weighted by atomic mass is 79.9. The lowest BCUT2D eigenvalue weighted by Gasteiger charge is -2.16. The first kappa shape index (κ1) is 12.2. The van der Waals surface area contributed by atoms with Gasteiger partial charge in [-0.05, 0) is 47.3 Å². The Hall–Kier alpha value is -0.520. The zero-order valence-electron chi connectivity index (χ0n) is 10.4. The molecule has 1 aromatic rings. The number of rotatable bonds is 1. The van der Waals surface area contributed by atoms with Crippen molar-refractivity contribution in [3.63, 3.8) is 0 Å². The van der Waals surface area contributed by atoms with Gasteiger partial charge < -0.3 is 4.74 Å². The van der Waals surface area contributed by atoms with E-state index in [4.69, 9.17) is 4.74 Å². The lowest BCUT2D eigenvalue weighted by molar-refractivity contribution is -0.127. The summed E-state index contributed by atoms with van der Waals surface area (Å²) in [7, 11) is 0. The minimum Gasteiger partial charge on any atom is -0.373 e. The Bertz CT molecular complexity index is 566. The second-order valence-electron chi connectivity index (χ2n) is 5.64. The van der Waals surface area contributed by atoms with Gasteiger partial charge in [0.05, 0.1) is 27.8 Å². The van der Waals surface area contributed by atoms with Crippen molar-refractivity contribution in [3.05, 3.63) is 20.3 Å². The van der Waals surface area contributed by atoms with Crippen LogP contribution in [0.4, 0.5) is 0 Å². The van der Waals surface area contributed by atoms with E-state index >= 15 is 0 Å². The third-order valence-corrected chi connectivity index (χ3v) is 6.31. The van der Waals surface area contributed by atoms with E-state index in [1.54, 1.807) is 11.3 Å². The van der Waals surface area contributed by atoms with Crippen molar-refractivity contribution < 1.29 is 14.3 Å². The summed E-state index contributed by atoms with van der Waals surface area (Å²) in [5.41, 5.74) is 0.903. The molecule has 1 aliphatic carbocycles. The van der Waals surface area contributed by atoms with Crippen molar-refractivity contribution >= 4 is 38.8 Å². The molecule has 1 unspecified atom stereocenters. The van der Waals surface area contributed by atoms with Gasteiger partial charge in [-0.3, -0.25) is 9.59 Å². The third kappa shape index (κ3) is 1.52. The Kier molecular flexibility index (Phi) is 2.57. The molecule has 3 aliphatic rings. The van der Waals surface area contributed by atoms with E-state index in [2.05, 4.69) is 15.9 Å². The first-order valence-electron chi connectivity index (χ1n) is 6.56. The highest BCUT2D eigenvalue weighted by Crippen LogP contribution is 2.53. The van der Waals surface area contributed by atoms with Gasteiger partial charge in [0, 0.05) is 4.88 Å². The molecule has 0 spiro atoms. The molecule has 2 aliphatic heterocycles. The largest absolute Gasteiger partial charge is 0.373 e. The van der Waals surface area contributed by atoms with Crippen molar-refractivity contribution in [1.29, 1.82) is 0 Å². The number of carbonyl (C=O) groups is 2. The molecule has 0 N–H and O–H groups in total. The van der Waals surface area contributed by atoms with Gasteiger partial charge in [0.1, 0.15) is 5.92 Å². The van der Waals surface area contributed by atoms with E-state index in [9.17, 15) is 9.59 Å². The van der Waals surface area contributed by atoms with Crippen LogP contribution in [0, 0.1) is 18.8 Å². The van der Waals surface area contributed by atoms with Crippen molar-refractivity contribution in [3.8, 4) is 0 Å². The first-order valence-corrected chi connectivity index (χ1v) is 8.17. The van der Waals surface area contributed by atoms with Crippen LogP contribution in [0.2, 0.25) is 0 Å². The second-order valence-corrected chi connectivity index (χ2v) is 8.28. The fourth-order valence-corrected chi connectivity index (χ4v) is 5.73. The van der Waals surface area contributed by atoms with Crippen LogP contribution in [0.5, 0.6) is 0 Å². The molecule has 2 saturated heterocycles. The van der Waals surface area contributed by atoms with E-state index in [0.29, 0.717) is 0 Å². The van der Waals surface area contributed by atoms with E-state index in [1.807, 2.05) is 13.0 Å². The van der Waals surface area contributed by atoms with Gasteiger partial charge in [0.25, 0.3) is 0 Å². The molecule has 19 heavy (non-hydrogen) atoms. The van der Waals surface area contributed by atoms with Gasteiger partial charge in [-0.15, -0.1) is 11.3 Å². The summed E-state index contributed by atoms with van der Waals surface area (Å²) in [5, 5.41) is 0. The van der Waals surface area contributed by atoms with Gasteiger partial charge in [0.2, 0.25) is 0 Å². The highest BCUT2D eigenvalue weighted by molar-refractivity contribution is 9.11. The molecule has 2 bridgehead atoms. The Morgan fingerprint density at radius 1 is 1.21 bits per heavy atom. The Morgan fingerprint density at radius 2 is 1.79 bits per heavy atom. The van der Waals surface area contributed by atoms with Crippen LogP contribution < -0.4 is 0 Å². The van der Waals surface area contributed by atoms with E-state index < -0.39 is 5.92 Å². The molecule has 1 saturated carbocycles. The summed E-state index contributed by atoms with van der Waals surface area (Å²) in [5.74, 6) is -0.695. The normalized spacial score (nSPS) is 40.2. The summed E-state index contributed by atoms with van der Waals surface area (Å²) < 4.78 is 6.73. The molecular formula is C14H13BrO3S. The maximum Gasteiger partial charge on any atom is 0.154 e. The van der Waals surface area contributed by atoms with Gasteiger partial charge >= 0.3 is 0 Å². The van der Waals surface area contributed by atoms with Gasteiger partial charge in [-0.2, -0.15) is 0 Å². The molecule has 0 amide bonds. The molecule has 3 heterocycles. The predicted octanol–water partition coefficient (Wildman–Crippen LogP) is 2.85. The number of fused-ring (bicyclic) bond motifs is 5. The van der Waals surface area contributed by atoms with Crippen molar-refractivity contribution in [1.82, 2.24) is 0 Å². The molecule has 5 heteroatoms. The quantitative estimate of drug-likeness (QED) is 0.738. The molecule has 1 aromatic heterocycles. The minimum atomic E-state index is -0.537. The maximum atomic E-state index is 12.6. The minimum absolute atomic E-state index is 0.00108. The molecule has 4 rings (SSSR count). The zero-order valence-corrected chi connectivity index (χ0v) is 12.8. The first-order chi connectivity index (χ1) is 9.08. The number of aryl methyl sites for hydroxylation is 1. The van der Waals surface area contributed by atoms with Crippen LogP contribution in [-0.4, -0.2) is 23.8 Å². The van der Waals surface area contributed by atoms with Crippen LogP contribution in [-0.2, 0) is 14.3 Å². The average molecular weight is 341 g/mol. The number of hydrogen-bond donors (Lipinski definition) is 0. The predicted molar refractivity (Wildman–Crippen MR) is 74.4 cm³/mol. The number of ether oxygens (including phenoxy) is 1. The number of Topliss-reactive ketones (excluding diaryl/α,β-unsaturated/α-hetero) is 2. The Morgan fingerprint density at radius 3 is 2.26 bits per heavy atom. The fourth-order valence-electron chi connectivity index (χ4n) is 3.98.